The molecule has 0 saturated carbocycles. The van der Waals surface area contributed by atoms with Gasteiger partial charge in [0.2, 0.25) is 0 Å². The Morgan fingerprint density at radius 3 is 2.35 bits per heavy atom. The summed E-state index contributed by atoms with van der Waals surface area (Å²) in [4.78, 5) is 0. The zero-order valence-corrected chi connectivity index (χ0v) is 13.2. The first-order valence-electron chi connectivity index (χ1n) is 7.43. The van der Waals surface area contributed by atoms with Crippen molar-refractivity contribution in [2.75, 3.05) is 11.2 Å². The van der Waals surface area contributed by atoms with E-state index in [1.807, 2.05) is 0 Å². The lowest BCUT2D eigenvalue weighted by Crippen LogP contribution is -2.04. The van der Waals surface area contributed by atoms with Gasteiger partial charge in [0, 0.05) is 17.0 Å². The smallest absolute Gasteiger partial charge is 0.128 e. The predicted molar refractivity (Wildman–Crippen MR) is 85.3 cm³/mol. The number of hydrogen-bond donors (Lipinski definition) is 1. The molecule has 0 fully saturated rings. The number of halogens is 2. The summed E-state index contributed by atoms with van der Waals surface area (Å²) < 4.78 is 26.0. The van der Waals surface area contributed by atoms with Crippen LogP contribution < -0.4 is 5.32 Å². The molecule has 0 aliphatic heterocycles. The van der Waals surface area contributed by atoms with E-state index in [-0.39, 0.29) is 0 Å². The van der Waals surface area contributed by atoms with Crippen molar-refractivity contribution in [1.29, 1.82) is 0 Å². The molecule has 1 N–H and O–H groups in total. The fourth-order valence-corrected chi connectivity index (χ4v) is 2.91. The lowest BCUT2D eigenvalue weighted by molar-refractivity contribution is 0.584. The van der Waals surface area contributed by atoms with Crippen molar-refractivity contribution in [2.45, 2.75) is 57.6 Å². The van der Waals surface area contributed by atoms with Gasteiger partial charge in [0.25, 0.3) is 0 Å². The molecule has 114 valence electrons. The minimum absolute atomic E-state index is 0.505. The molecule has 0 radical (unpaired) electrons. The number of thioether (sulfide) groups is 1. The summed E-state index contributed by atoms with van der Waals surface area (Å²) in [5.41, 5.74) is 0.505. The zero-order valence-electron chi connectivity index (χ0n) is 12.4. The molecule has 1 rings (SSSR count). The summed E-state index contributed by atoms with van der Waals surface area (Å²) in [6.07, 6.45) is 7.71. The number of rotatable bonds is 10. The molecule has 0 saturated heterocycles. The van der Waals surface area contributed by atoms with Crippen LogP contribution in [0.5, 0.6) is 0 Å². The van der Waals surface area contributed by atoms with E-state index in [1.165, 1.54) is 50.7 Å². The Morgan fingerprint density at radius 2 is 1.70 bits per heavy atom. The lowest BCUT2D eigenvalue weighted by atomic mass is 10.1. The van der Waals surface area contributed by atoms with Crippen molar-refractivity contribution >= 4 is 17.4 Å². The Bertz CT molecular complexity index is 364. The predicted octanol–water partition coefficient (Wildman–Crippen LogP) is 5.82. The molecule has 1 atom stereocenters. The van der Waals surface area contributed by atoms with Crippen LogP contribution in [0.15, 0.2) is 18.2 Å². The third-order valence-corrected chi connectivity index (χ3v) is 4.34. The molecule has 0 bridgehead atoms. The van der Waals surface area contributed by atoms with Crippen LogP contribution in [0.3, 0.4) is 0 Å². The van der Waals surface area contributed by atoms with Crippen molar-refractivity contribution in [3.8, 4) is 0 Å². The first-order chi connectivity index (χ1) is 9.61. The number of hydrogen-bond acceptors (Lipinski definition) is 2. The van der Waals surface area contributed by atoms with Gasteiger partial charge in [-0.2, -0.15) is 0 Å². The number of nitrogens with one attached hydrogen (secondary N) is 1. The fraction of sp³-hybridized carbons (Fsp3) is 0.625. The van der Waals surface area contributed by atoms with Crippen LogP contribution in [-0.4, -0.2) is 11.1 Å². The van der Waals surface area contributed by atoms with Crippen LogP contribution in [0.1, 0.15) is 52.4 Å². The minimum atomic E-state index is -0.540. The second kappa shape index (κ2) is 10.0. The Kier molecular flexibility index (Phi) is 8.67. The molecule has 20 heavy (non-hydrogen) atoms. The molecule has 0 heterocycles. The fourth-order valence-electron chi connectivity index (χ4n) is 2.04. The second-order valence-electron chi connectivity index (χ2n) is 5.16. The van der Waals surface area contributed by atoms with Crippen LogP contribution in [-0.2, 0) is 0 Å². The third-order valence-electron chi connectivity index (χ3n) is 3.22. The average Bonchev–Trinajstić information content (AvgIpc) is 2.37. The Labute approximate surface area is 125 Å². The lowest BCUT2D eigenvalue weighted by Gasteiger charge is -2.12. The molecule has 0 unspecified atom stereocenters. The van der Waals surface area contributed by atoms with E-state index in [0.717, 1.165) is 6.07 Å². The number of unbranched alkanes of at least 4 members (excludes halogenated alkanes) is 4. The average molecular weight is 301 g/mol. The van der Waals surface area contributed by atoms with E-state index in [9.17, 15) is 8.78 Å². The first-order valence-corrected chi connectivity index (χ1v) is 8.48. The van der Waals surface area contributed by atoms with E-state index < -0.39 is 11.6 Å². The van der Waals surface area contributed by atoms with Crippen molar-refractivity contribution in [1.82, 2.24) is 0 Å². The third kappa shape index (κ3) is 7.73. The topological polar surface area (TPSA) is 12.0 Å². The number of benzene rings is 1. The SMILES string of the molecule is CCCCCCC[C@@H](C)SCNc1cc(F)cc(F)c1. The van der Waals surface area contributed by atoms with Gasteiger partial charge in [-0.3, -0.25) is 0 Å². The summed E-state index contributed by atoms with van der Waals surface area (Å²) in [5.74, 6) is -0.401. The van der Waals surface area contributed by atoms with Gasteiger partial charge in [-0.25, -0.2) is 8.78 Å². The summed E-state index contributed by atoms with van der Waals surface area (Å²) >= 11 is 1.79. The van der Waals surface area contributed by atoms with Crippen LogP contribution in [0.4, 0.5) is 14.5 Å². The van der Waals surface area contributed by atoms with Gasteiger partial charge in [-0.1, -0.05) is 46.0 Å². The van der Waals surface area contributed by atoms with E-state index in [2.05, 4.69) is 19.2 Å². The maximum atomic E-state index is 13.0. The van der Waals surface area contributed by atoms with Crippen molar-refractivity contribution in [3.05, 3.63) is 29.8 Å². The van der Waals surface area contributed by atoms with Gasteiger partial charge in [0.1, 0.15) is 11.6 Å². The van der Waals surface area contributed by atoms with Gasteiger partial charge < -0.3 is 5.32 Å². The molecule has 0 aliphatic rings. The molecule has 1 aromatic carbocycles. The molecule has 0 aliphatic carbocycles. The van der Waals surface area contributed by atoms with Crippen LogP contribution in [0.25, 0.3) is 0 Å². The highest BCUT2D eigenvalue weighted by Gasteiger charge is 2.04. The van der Waals surface area contributed by atoms with E-state index in [4.69, 9.17) is 0 Å². The van der Waals surface area contributed by atoms with Gasteiger partial charge in [0.05, 0.1) is 5.88 Å². The van der Waals surface area contributed by atoms with Crippen molar-refractivity contribution < 1.29 is 8.78 Å². The molecule has 1 nitrogen and oxygen atoms in total. The monoisotopic (exact) mass is 301 g/mol. The molecule has 1 aromatic rings. The van der Waals surface area contributed by atoms with Crippen molar-refractivity contribution in [3.63, 3.8) is 0 Å². The quantitative estimate of drug-likeness (QED) is 0.432. The Morgan fingerprint density at radius 1 is 1.05 bits per heavy atom. The second-order valence-corrected chi connectivity index (χ2v) is 6.59. The Balaban J connectivity index is 2.13. The standard InChI is InChI=1S/C16H25F2NS/c1-3-4-5-6-7-8-13(2)20-12-19-16-10-14(17)9-15(18)11-16/h9-11,13,19H,3-8,12H2,1-2H3/t13-/m1/s1. The van der Waals surface area contributed by atoms with E-state index in [0.29, 0.717) is 16.8 Å². The highest BCUT2D eigenvalue weighted by molar-refractivity contribution is 7.99. The maximum absolute atomic E-state index is 13.0. The highest BCUT2D eigenvalue weighted by Crippen LogP contribution is 2.19. The summed E-state index contributed by atoms with van der Waals surface area (Å²) in [7, 11) is 0. The summed E-state index contributed by atoms with van der Waals surface area (Å²) in [6, 6.07) is 3.52. The highest BCUT2D eigenvalue weighted by atomic mass is 32.2. The molecule has 0 amide bonds. The summed E-state index contributed by atoms with van der Waals surface area (Å²) in [6.45, 7) is 4.43. The van der Waals surface area contributed by atoms with Gasteiger partial charge in [0.15, 0.2) is 0 Å². The van der Waals surface area contributed by atoms with Crippen LogP contribution in [0.2, 0.25) is 0 Å². The zero-order chi connectivity index (χ0) is 14.8. The van der Waals surface area contributed by atoms with Crippen LogP contribution in [0, 0.1) is 11.6 Å². The maximum Gasteiger partial charge on any atom is 0.128 e. The minimum Gasteiger partial charge on any atom is -0.376 e. The molecule has 4 heteroatoms. The molecule has 0 spiro atoms. The summed E-state index contributed by atoms with van der Waals surface area (Å²) in [5, 5.41) is 3.62. The van der Waals surface area contributed by atoms with Gasteiger partial charge in [-0.15, -0.1) is 11.8 Å². The number of anilines is 1. The molecular formula is C16H25F2NS. The largest absolute Gasteiger partial charge is 0.376 e. The molecule has 0 aromatic heterocycles. The van der Waals surface area contributed by atoms with Gasteiger partial charge >= 0.3 is 0 Å². The normalized spacial score (nSPS) is 12.4. The van der Waals surface area contributed by atoms with Crippen molar-refractivity contribution in [2.24, 2.45) is 0 Å². The Hall–Kier alpha value is -0.770. The van der Waals surface area contributed by atoms with Crippen LogP contribution >= 0.6 is 11.8 Å². The van der Waals surface area contributed by atoms with Gasteiger partial charge in [-0.05, 0) is 18.6 Å². The molecular weight excluding hydrogens is 276 g/mol. The first kappa shape index (κ1) is 17.3. The van der Waals surface area contributed by atoms with E-state index >= 15 is 0 Å². The van der Waals surface area contributed by atoms with E-state index in [1.54, 1.807) is 11.8 Å².